The van der Waals surface area contributed by atoms with Crippen LogP contribution in [0.3, 0.4) is 0 Å². The highest BCUT2D eigenvalue weighted by atomic mass is 35.5. The minimum Gasteiger partial charge on any atom is -0.329 e. The molecule has 1 aromatic rings. The van der Waals surface area contributed by atoms with Gasteiger partial charge in [0.15, 0.2) is 0 Å². The maximum atomic E-state index is 6.23. The van der Waals surface area contributed by atoms with Crippen molar-refractivity contribution < 1.29 is 0 Å². The second kappa shape index (κ2) is 4.53. The van der Waals surface area contributed by atoms with Crippen molar-refractivity contribution in [3.8, 4) is 0 Å². The number of benzene rings is 1. The highest BCUT2D eigenvalue weighted by molar-refractivity contribution is 6.42. The summed E-state index contributed by atoms with van der Waals surface area (Å²) in [7, 11) is 0. The average Bonchev–Trinajstić information content (AvgIpc) is 2.62. The SMILES string of the molecule is CC(C)N1Cc2c(ccc(Cl)c2Cl)C1CN. The molecule has 1 aliphatic rings. The van der Waals surface area contributed by atoms with Crippen molar-refractivity contribution in [2.24, 2.45) is 5.73 Å². The monoisotopic (exact) mass is 258 g/mol. The first-order chi connectivity index (χ1) is 7.56. The van der Waals surface area contributed by atoms with Crippen LogP contribution in [0, 0.1) is 0 Å². The first-order valence-corrected chi connectivity index (χ1v) is 6.24. The number of fused-ring (bicyclic) bond motifs is 1. The minimum atomic E-state index is 0.268. The Hall–Kier alpha value is -0.280. The zero-order valence-corrected chi connectivity index (χ0v) is 11.0. The lowest BCUT2D eigenvalue weighted by Gasteiger charge is -2.27. The number of hydrogen-bond donors (Lipinski definition) is 1. The molecule has 0 fully saturated rings. The summed E-state index contributed by atoms with van der Waals surface area (Å²) in [6.07, 6.45) is 0. The van der Waals surface area contributed by atoms with Crippen LogP contribution in [0.1, 0.15) is 31.0 Å². The quantitative estimate of drug-likeness (QED) is 0.883. The van der Waals surface area contributed by atoms with E-state index < -0.39 is 0 Å². The van der Waals surface area contributed by atoms with Crippen molar-refractivity contribution >= 4 is 23.2 Å². The lowest BCUT2D eigenvalue weighted by molar-refractivity contribution is 0.172. The van der Waals surface area contributed by atoms with E-state index in [-0.39, 0.29) is 6.04 Å². The molecule has 0 saturated heterocycles. The van der Waals surface area contributed by atoms with Crippen molar-refractivity contribution in [3.63, 3.8) is 0 Å². The van der Waals surface area contributed by atoms with Crippen molar-refractivity contribution in [1.82, 2.24) is 4.90 Å². The van der Waals surface area contributed by atoms with Gasteiger partial charge < -0.3 is 5.73 Å². The molecule has 1 atom stereocenters. The van der Waals surface area contributed by atoms with E-state index in [0.29, 0.717) is 22.6 Å². The Morgan fingerprint density at radius 3 is 2.69 bits per heavy atom. The van der Waals surface area contributed by atoms with Crippen LogP contribution in [-0.2, 0) is 6.54 Å². The lowest BCUT2D eigenvalue weighted by Crippen LogP contribution is -2.33. The van der Waals surface area contributed by atoms with E-state index in [4.69, 9.17) is 28.9 Å². The summed E-state index contributed by atoms with van der Waals surface area (Å²) in [5.74, 6) is 0. The van der Waals surface area contributed by atoms with Crippen molar-refractivity contribution in [2.75, 3.05) is 6.54 Å². The molecule has 88 valence electrons. The van der Waals surface area contributed by atoms with Gasteiger partial charge in [0.2, 0.25) is 0 Å². The first-order valence-electron chi connectivity index (χ1n) is 5.48. The average molecular weight is 259 g/mol. The smallest absolute Gasteiger partial charge is 0.0640 e. The molecule has 0 bridgehead atoms. The minimum absolute atomic E-state index is 0.268. The van der Waals surface area contributed by atoms with E-state index in [1.54, 1.807) is 0 Å². The van der Waals surface area contributed by atoms with Crippen LogP contribution in [0.2, 0.25) is 10.0 Å². The number of hydrogen-bond acceptors (Lipinski definition) is 2. The van der Waals surface area contributed by atoms with Gasteiger partial charge >= 0.3 is 0 Å². The van der Waals surface area contributed by atoms with Gasteiger partial charge in [-0.2, -0.15) is 0 Å². The van der Waals surface area contributed by atoms with Gasteiger partial charge in [0.05, 0.1) is 10.0 Å². The molecule has 0 spiro atoms. The van der Waals surface area contributed by atoms with Crippen molar-refractivity contribution in [2.45, 2.75) is 32.5 Å². The van der Waals surface area contributed by atoms with Crippen LogP contribution >= 0.6 is 23.2 Å². The van der Waals surface area contributed by atoms with Gasteiger partial charge in [-0.25, -0.2) is 0 Å². The van der Waals surface area contributed by atoms with Crippen LogP contribution in [0.25, 0.3) is 0 Å². The highest BCUT2D eigenvalue weighted by Gasteiger charge is 2.32. The molecule has 2 nitrogen and oxygen atoms in total. The molecule has 2 N–H and O–H groups in total. The zero-order valence-electron chi connectivity index (χ0n) is 9.50. The molecular formula is C12H16Cl2N2. The summed E-state index contributed by atoms with van der Waals surface area (Å²) in [6, 6.07) is 4.62. The van der Waals surface area contributed by atoms with Gasteiger partial charge in [0.1, 0.15) is 0 Å². The first kappa shape index (κ1) is 12.2. The predicted molar refractivity (Wildman–Crippen MR) is 68.9 cm³/mol. The van der Waals surface area contributed by atoms with E-state index in [1.807, 2.05) is 12.1 Å². The summed E-state index contributed by atoms with van der Waals surface area (Å²) in [5, 5.41) is 1.31. The van der Waals surface area contributed by atoms with E-state index >= 15 is 0 Å². The largest absolute Gasteiger partial charge is 0.329 e. The van der Waals surface area contributed by atoms with E-state index in [9.17, 15) is 0 Å². The number of rotatable bonds is 2. The Labute approximate surface area is 106 Å². The fraction of sp³-hybridized carbons (Fsp3) is 0.500. The molecule has 16 heavy (non-hydrogen) atoms. The zero-order chi connectivity index (χ0) is 11.9. The molecule has 2 rings (SSSR count). The highest BCUT2D eigenvalue weighted by Crippen LogP contribution is 2.40. The Balaban J connectivity index is 2.46. The molecule has 1 aliphatic heterocycles. The van der Waals surface area contributed by atoms with E-state index in [0.717, 1.165) is 12.1 Å². The van der Waals surface area contributed by atoms with Gasteiger partial charge in [-0.15, -0.1) is 0 Å². The van der Waals surface area contributed by atoms with E-state index in [2.05, 4.69) is 18.7 Å². The molecule has 0 saturated carbocycles. The third-order valence-electron chi connectivity index (χ3n) is 3.22. The standard InChI is InChI=1S/C12H16Cl2N2/c1-7(2)16-6-9-8(11(16)5-15)3-4-10(13)12(9)14/h3-4,7,11H,5-6,15H2,1-2H3. The van der Waals surface area contributed by atoms with Gasteiger partial charge in [0, 0.05) is 25.2 Å². The Bertz CT molecular complexity index is 404. The molecule has 0 amide bonds. The fourth-order valence-corrected chi connectivity index (χ4v) is 2.77. The lowest BCUT2D eigenvalue weighted by atomic mass is 10.0. The van der Waals surface area contributed by atoms with Crippen molar-refractivity contribution in [1.29, 1.82) is 0 Å². The van der Waals surface area contributed by atoms with E-state index in [1.165, 1.54) is 5.56 Å². The van der Waals surface area contributed by atoms with Gasteiger partial charge in [-0.05, 0) is 31.0 Å². The molecule has 0 aromatic heterocycles. The van der Waals surface area contributed by atoms with Gasteiger partial charge in [0.25, 0.3) is 0 Å². The normalized spacial score (nSPS) is 20.5. The summed E-state index contributed by atoms with van der Waals surface area (Å²) in [6.45, 7) is 5.80. The molecule has 4 heteroatoms. The molecule has 1 heterocycles. The summed E-state index contributed by atoms with van der Waals surface area (Å²) >= 11 is 12.3. The Kier molecular flexibility index (Phi) is 3.45. The molecular weight excluding hydrogens is 243 g/mol. The maximum absolute atomic E-state index is 6.23. The molecule has 0 radical (unpaired) electrons. The number of nitrogens with zero attached hydrogens (tertiary/aromatic N) is 1. The van der Waals surface area contributed by atoms with Crippen molar-refractivity contribution in [3.05, 3.63) is 33.3 Å². The second-order valence-electron chi connectivity index (χ2n) is 4.45. The number of halogens is 2. The van der Waals surface area contributed by atoms with Crippen LogP contribution < -0.4 is 5.73 Å². The van der Waals surface area contributed by atoms with Crippen LogP contribution in [0.15, 0.2) is 12.1 Å². The summed E-state index contributed by atoms with van der Waals surface area (Å²) in [4.78, 5) is 2.35. The molecule has 1 unspecified atom stereocenters. The summed E-state index contributed by atoms with van der Waals surface area (Å²) < 4.78 is 0. The Morgan fingerprint density at radius 2 is 2.12 bits per heavy atom. The molecule has 0 aliphatic carbocycles. The number of nitrogens with two attached hydrogens (primary N) is 1. The second-order valence-corrected chi connectivity index (χ2v) is 5.23. The maximum Gasteiger partial charge on any atom is 0.0640 e. The van der Waals surface area contributed by atoms with Gasteiger partial charge in [-0.1, -0.05) is 29.3 Å². The fourth-order valence-electron chi connectivity index (χ4n) is 2.36. The third kappa shape index (κ3) is 1.84. The van der Waals surface area contributed by atoms with Gasteiger partial charge in [-0.3, -0.25) is 4.90 Å². The summed E-state index contributed by atoms with van der Waals surface area (Å²) in [5.41, 5.74) is 8.21. The Morgan fingerprint density at radius 1 is 1.44 bits per heavy atom. The third-order valence-corrected chi connectivity index (χ3v) is 4.06. The van der Waals surface area contributed by atoms with Crippen LogP contribution in [0.4, 0.5) is 0 Å². The predicted octanol–water partition coefficient (Wildman–Crippen LogP) is 3.22. The topological polar surface area (TPSA) is 29.3 Å². The van der Waals surface area contributed by atoms with Crippen LogP contribution in [0.5, 0.6) is 0 Å². The molecule has 1 aromatic carbocycles. The van der Waals surface area contributed by atoms with Crippen LogP contribution in [-0.4, -0.2) is 17.5 Å².